The van der Waals surface area contributed by atoms with Crippen molar-refractivity contribution < 1.29 is 18.8 Å². The normalized spacial score (nSPS) is 10.5. The first-order chi connectivity index (χ1) is 10.2. The molecule has 0 aliphatic rings. The highest BCUT2D eigenvalue weighted by molar-refractivity contribution is 5.54. The second kappa shape index (κ2) is 6.94. The second-order valence-corrected chi connectivity index (χ2v) is 4.45. The molecule has 0 spiro atoms. The summed E-state index contributed by atoms with van der Waals surface area (Å²) in [5.74, 6) is 1.70. The van der Waals surface area contributed by atoms with Gasteiger partial charge in [0.05, 0.1) is 14.2 Å². The zero-order chi connectivity index (χ0) is 15.2. The quantitative estimate of drug-likeness (QED) is 0.826. The van der Waals surface area contributed by atoms with E-state index in [1.807, 2.05) is 12.1 Å². The Kier molecular flexibility index (Phi) is 4.99. The van der Waals surface area contributed by atoms with Crippen LogP contribution in [0.5, 0.6) is 17.2 Å². The summed E-state index contributed by atoms with van der Waals surface area (Å²) in [6.45, 7) is 2.57. The van der Waals surface area contributed by atoms with E-state index in [0.29, 0.717) is 35.2 Å². The van der Waals surface area contributed by atoms with Crippen molar-refractivity contribution in [2.45, 2.75) is 20.0 Å². The first-order valence-electron chi connectivity index (χ1n) is 6.55. The molecular formula is C14H19N3O4. The number of hydrogen-bond donors (Lipinski definition) is 1. The van der Waals surface area contributed by atoms with Crippen LogP contribution in [-0.2, 0) is 13.0 Å². The van der Waals surface area contributed by atoms with Crippen molar-refractivity contribution in [1.82, 2.24) is 10.3 Å². The summed E-state index contributed by atoms with van der Waals surface area (Å²) in [5, 5.41) is 7.49. The van der Waals surface area contributed by atoms with Crippen LogP contribution in [0, 0.1) is 6.92 Å². The van der Waals surface area contributed by atoms with Crippen LogP contribution in [-0.4, -0.2) is 31.1 Å². The number of benzene rings is 1. The highest BCUT2D eigenvalue weighted by atomic mass is 16.6. The Hall–Kier alpha value is -2.28. The van der Waals surface area contributed by atoms with Gasteiger partial charge in [0.25, 0.3) is 0 Å². The Morgan fingerprint density at radius 2 is 1.81 bits per heavy atom. The third-order valence-electron chi connectivity index (χ3n) is 3.05. The van der Waals surface area contributed by atoms with Crippen LogP contribution in [0.3, 0.4) is 0 Å². The lowest BCUT2D eigenvalue weighted by Crippen LogP contribution is -2.05. The topological polar surface area (TPSA) is 92.6 Å². The molecule has 1 heterocycles. The summed E-state index contributed by atoms with van der Waals surface area (Å²) in [7, 11) is 3.16. The molecule has 114 valence electrons. The van der Waals surface area contributed by atoms with Crippen molar-refractivity contribution in [3.63, 3.8) is 0 Å². The highest BCUT2D eigenvalue weighted by Crippen LogP contribution is 2.39. The smallest absolute Gasteiger partial charge is 0.203 e. The fourth-order valence-corrected chi connectivity index (χ4v) is 1.91. The molecule has 7 nitrogen and oxygen atoms in total. The van der Waals surface area contributed by atoms with E-state index in [1.165, 1.54) is 0 Å². The first kappa shape index (κ1) is 15.1. The van der Waals surface area contributed by atoms with Gasteiger partial charge in [0.1, 0.15) is 18.0 Å². The van der Waals surface area contributed by atoms with Gasteiger partial charge in [-0.3, -0.25) is 0 Å². The molecule has 1 aromatic heterocycles. The summed E-state index contributed by atoms with van der Waals surface area (Å²) in [5.41, 5.74) is 7.93. The lowest BCUT2D eigenvalue weighted by molar-refractivity contribution is 0.249. The van der Waals surface area contributed by atoms with Crippen molar-refractivity contribution in [2.24, 2.45) is 5.73 Å². The first-order valence-corrected chi connectivity index (χ1v) is 6.55. The summed E-state index contributed by atoms with van der Waals surface area (Å²) in [4.78, 5) is 0. The minimum absolute atomic E-state index is 0.221. The van der Waals surface area contributed by atoms with Crippen molar-refractivity contribution in [2.75, 3.05) is 20.8 Å². The summed E-state index contributed by atoms with van der Waals surface area (Å²) in [6, 6.07) is 3.78. The van der Waals surface area contributed by atoms with E-state index < -0.39 is 0 Å². The molecule has 0 unspecified atom stereocenters. The molecule has 0 radical (unpaired) electrons. The molecule has 2 rings (SSSR count). The van der Waals surface area contributed by atoms with Gasteiger partial charge in [0.15, 0.2) is 11.5 Å². The molecule has 0 bridgehead atoms. The van der Waals surface area contributed by atoms with E-state index in [2.05, 4.69) is 14.9 Å². The number of rotatable bonds is 7. The van der Waals surface area contributed by atoms with E-state index in [-0.39, 0.29) is 6.61 Å². The SMILES string of the molecule is COc1cc(CCN)cc(OC)c1OCc1nonc1C. The predicted molar refractivity (Wildman–Crippen MR) is 75.7 cm³/mol. The molecule has 0 amide bonds. The molecule has 1 aromatic carbocycles. The zero-order valence-corrected chi connectivity index (χ0v) is 12.4. The third-order valence-corrected chi connectivity index (χ3v) is 3.05. The Bertz CT molecular complexity index is 573. The molecule has 2 aromatic rings. The van der Waals surface area contributed by atoms with E-state index in [0.717, 1.165) is 12.0 Å². The monoisotopic (exact) mass is 293 g/mol. The average molecular weight is 293 g/mol. The Morgan fingerprint density at radius 1 is 1.14 bits per heavy atom. The van der Waals surface area contributed by atoms with E-state index >= 15 is 0 Å². The number of aryl methyl sites for hydroxylation is 1. The fourth-order valence-electron chi connectivity index (χ4n) is 1.91. The molecule has 7 heteroatoms. The van der Waals surface area contributed by atoms with Gasteiger partial charge in [-0.1, -0.05) is 10.3 Å². The van der Waals surface area contributed by atoms with Gasteiger partial charge in [-0.2, -0.15) is 0 Å². The van der Waals surface area contributed by atoms with Crippen LogP contribution in [0.25, 0.3) is 0 Å². The van der Waals surface area contributed by atoms with Crippen LogP contribution in [0.1, 0.15) is 17.0 Å². The van der Waals surface area contributed by atoms with Gasteiger partial charge in [-0.15, -0.1) is 0 Å². The largest absolute Gasteiger partial charge is 0.493 e. The Balaban J connectivity index is 2.26. The third kappa shape index (κ3) is 3.43. The van der Waals surface area contributed by atoms with Crippen molar-refractivity contribution in [3.05, 3.63) is 29.1 Å². The van der Waals surface area contributed by atoms with E-state index in [9.17, 15) is 0 Å². The Labute approximate surface area is 122 Å². The summed E-state index contributed by atoms with van der Waals surface area (Å²) < 4.78 is 21.1. The molecule has 0 atom stereocenters. The number of aromatic nitrogens is 2. The number of methoxy groups -OCH3 is 2. The summed E-state index contributed by atoms with van der Waals surface area (Å²) in [6.07, 6.45) is 0.735. The predicted octanol–water partition coefficient (Wildman–Crippen LogP) is 1.48. The molecule has 21 heavy (non-hydrogen) atoms. The van der Waals surface area contributed by atoms with Gasteiger partial charge in [-0.25, -0.2) is 4.63 Å². The van der Waals surface area contributed by atoms with Gasteiger partial charge in [-0.05, 0) is 37.6 Å². The Morgan fingerprint density at radius 3 is 2.29 bits per heavy atom. The maximum atomic E-state index is 5.76. The molecule has 0 saturated carbocycles. The van der Waals surface area contributed by atoms with Crippen LogP contribution in [0.4, 0.5) is 0 Å². The van der Waals surface area contributed by atoms with E-state index in [4.69, 9.17) is 19.9 Å². The molecule has 2 N–H and O–H groups in total. The standard InChI is InChI=1S/C14H19N3O4/c1-9-11(17-21-16-9)8-20-14-12(18-2)6-10(4-5-15)7-13(14)19-3/h6-7H,4-5,8,15H2,1-3H3. The average Bonchev–Trinajstić information content (AvgIpc) is 2.90. The van der Waals surface area contributed by atoms with Crippen molar-refractivity contribution in [1.29, 1.82) is 0 Å². The minimum Gasteiger partial charge on any atom is -0.493 e. The van der Waals surface area contributed by atoms with Gasteiger partial charge in [0.2, 0.25) is 5.75 Å². The number of hydrogen-bond acceptors (Lipinski definition) is 7. The maximum Gasteiger partial charge on any atom is 0.203 e. The molecule has 0 aliphatic heterocycles. The van der Waals surface area contributed by atoms with Crippen molar-refractivity contribution in [3.8, 4) is 17.2 Å². The van der Waals surface area contributed by atoms with Crippen LogP contribution in [0.15, 0.2) is 16.8 Å². The maximum absolute atomic E-state index is 5.76. The lowest BCUT2D eigenvalue weighted by atomic mass is 10.1. The van der Waals surface area contributed by atoms with Gasteiger partial charge < -0.3 is 19.9 Å². The number of ether oxygens (including phenoxy) is 3. The van der Waals surface area contributed by atoms with Crippen LogP contribution < -0.4 is 19.9 Å². The second-order valence-electron chi connectivity index (χ2n) is 4.45. The van der Waals surface area contributed by atoms with Gasteiger partial charge in [0, 0.05) is 0 Å². The number of nitrogens with zero attached hydrogens (tertiary/aromatic N) is 2. The van der Waals surface area contributed by atoms with Gasteiger partial charge >= 0.3 is 0 Å². The van der Waals surface area contributed by atoms with Crippen molar-refractivity contribution >= 4 is 0 Å². The zero-order valence-electron chi connectivity index (χ0n) is 12.4. The van der Waals surface area contributed by atoms with Crippen LogP contribution >= 0.6 is 0 Å². The molecular weight excluding hydrogens is 274 g/mol. The van der Waals surface area contributed by atoms with Crippen LogP contribution in [0.2, 0.25) is 0 Å². The highest BCUT2D eigenvalue weighted by Gasteiger charge is 2.16. The van der Waals surface area contributed by atoms with E-state index in [1.54, 1.807) is 21.1 Å². The molecule has 0 fully saturated rings. The number of nitrogens with two attached hydrogens (primary N) is 1. The molecule has 0 saturated heterocycles. The minimum atomic E-state index is 0.221. The molecule has 0 aliphatic carbocycles. The lowest BCUT2D eigenvalue weighted by Gasteiger charge is -2.15. The fraction of sp³-hybridized carbons (Fsp3) is 0.429. The summed E-state index contributed by atoms with van der Waals surface area (Å²) >= 11 is 0.